The fourth-order valence-electron chi connectivity index (χ4n) is 1.81. The molecule has 1 aromatic carbocycles. The number of ether oxygens (including phenoxy) is 2. The third-order valence-electron chi connectivity index (χ3n) is 2.64. The first-order valence-electron chi connectivity index (χ1n) is 5.27. The van der Waals surface area contributed by atoms with Gasteiger partial charge >= 0.3 is 0 Å². The predicted molar refractivity (Wildman–Crippen MR) is 67.6 cm³/mol. The lowest BCUT2D eigenvalue weighted by molar-refractivity contribution is 0.174. The van der Waals surface area contributed by atoms with E-state index in [1.54, 1.807) is 18.0 Å². The first-order chi connectivity index (χ1) is 8.38. The van der Waals surface area contributed by atoms with Crippen molar-refractivity contribution in [3.8, 4) is 22.8 Å². The van der Waals surface area contributed by atoms with E-state index in [0.29, 0.717) is 6.79 Å². The molecule has 0 atom stereocenters. The molecule has 0 aliphatic carbocycles. The molecule has 0 amide bonds. The summed E-state index contributed by atoms with van der Waals surface area (Å²) in [5.41, 5.74) is 2.04. The SMILES string of the molecule is CSc1cc2c(cc1-c1ccccn1)OCO2. The molecule has 1 aliphatic rings. The van der Waals surface area contributed by atoms with Gasteiger partial charge in [0.25, 0.3) is 0 Å². The quantitative estimate of drug-likeness (QED) is 0.760. The molecular weight excluding hydrogens is 234 g/mol. The number of rotatable bonds is 2. The molecule has 1 aromatic heterocycles. The number of pyridine rings is 1. The smallest absolute Gasteiger partial charge is 0.231 e. The minimum atomic E-state index is 0.300. The molecule has 0 radical (unpaired) electrons. The van der Waals surface area contributed by atoms with Gasteiger partial charge in [-0.15, -0.1) is 11.8 Å². The van der Waals surface area contributed by atoms with Gasteiger partial charge in [0, 0.05) is 16.7 Å². The van der Waals surface area contributed by atoms with Gasteiger partial charge in [-0.1, -0.05) is 6.07 Å². The fraction of sp³-hybridized carbons (Fsp3) is 0.154. The summed E-state index contributed by atoms with van der Waals surface area (Å²) in [6.45, 7) is 0.300. The number of benzene rings is 1. The summed E-state index contributed by atoms with van der Waals surface area (Å²) in [6.07, 6.45) is 3.84. The molecule has 3 nitrogen and oxygen atoms in total. The van der Waals surface area contributed by atoms with Crippen LogP contribution in [0.2, 0.25) is 0 Å². The normalized spacial score (nSPS) is 12.8. The van der Waals surface area contributed by atoms with E-state index in [1.807, 2.05) is 36.6 Å². The Morgan fingerprint density at radius 2 is 2.00 bits per heavy atom. The van der Waals surface area contributed by atoms with Crippen LogP contribution in [0.3, 0.4) is 0 Å². The van der Waals surface area contributed by atoms with Crippen LogP contribution in [0.5, 0.6) is 11.5 Å². The zero-order valence-electron chi connectivity index (χ0n) is 9.34. The van der Waals surface area contributed by atoms with Gasteiger partial charge in [0.2, 0.25) is 6.79 Å². The molecule has 2 aromatic rings. The van der Waals surface area contributed by atoms with Crippen LogP contribution in [0.4, 0.5) is 0 Å². The number of thioether (sulfide) groups is 1. The Hall–Kier alpha value is -1.68. The number of fused-ring (bicyclic) bond motifs is 1. The van der Waals surface area contributed by atoms with E-state index in [1.165, 1.54) is 0 Å². The molecule has 0 fully saturated rings. The van der Waals surface area contributed by atoms with Crippen LogP contribution >= 0.6 is 11.8 Å². The van der Waals surface area contributed by atoms with Crippen LogP contribution in [-0.2, 0) is 0 Å². The van der Waals surface area contributed by atoms with Gasteiger partial charge in [-0.25, -0.2) is 0 Å². The van der Waals surface area contributed by atoms with Gasteiger partial charge in [-0.3, -0.25) is 4.98 Å². The predicted octanol–water partition coefficient (Wildman–Crippen LogP) is 3.20. The Balaban J connectivity index is 2.16. The van der Waals surface area contributed by atoms with Crippen molar-refractivity contribution in [2.75, 3.05) is 13.0 Å². The van der Waals surface area contributed by atoms with E-state index < -0.39 is 0 Å². The first kappa shape index (κ1) is 10.5. The highest BCUT2D eigenvalue weighted by atomic mass is 32.2. The van der Waals surface area contributed by atoms with Crippen LogP contribution in [0.15, 0.2) is 41.4 Å². The second kappa shape index (κ2) is 4.30. The van der Waals surface area contributed by atoms with E-state index >= 15 is 0 Å². The molecule has 0 bridgehead atoms. The fourth-order valence-corrected chi connectivity index (χ4v) is 2.42. The zero-order chi connectivity index (χ0) is 11.7. The molecule has 0 saturated carbocycles. The molecule has 1 aliphatic heterocycles. The molecule has 4 heteroatoms. The van der Waals surface area contributed by atoms with Gasteiger partial charge in [0.15, 0.2) is 11.5 Å². The van der Waals surface area contributed by atoms with Crippen molar-refractivity contribution < 1.29 is 9.47 Å². The number of aromatic nitrogens is 1. The molecule has 0 N–H and O–H groups in total. The minimum absolute atomic E-state index is 0.300. The van der Waals surface area contributed by atoms with Crippen LogP contribution in [0.1, 0.15) is 0 Å². The maximum Gasteiger partial charge on any atom is 0.231 e. The first-order valence-corrected chi connectivity index (χ1v) is 6.50. The standard InChI is InChI=1S/C13H11NO2S/c1-17-13-7-12-11(15-8-16-12)6-9(13)10-4-2-3-5-14-10/h2-7H,8H2,1H3. The average Bonchev–Trinajstić information content (AvgIpc) is 2.85. The van der Waals surface area contributed by atoms with Crippen LogP contribution in [0.25, 0.3) is 11.3 Å². The van der Waals surface area contributed by atoms with Gasteiger partial charge in [0.1, 0.15) is 0 Å². The summed E-state index contributed by atoms with van der Waals surface area (Å²) in [7, 11) is 0. The highest BCUT2D eigenvalue weighted by molar-refractivity contribution is 7.98. The highest BCUT2D eigenvalue weighted by Gasteiger charge is 2.18. The van der Waals surface area contributed by atoms with Gasteiger partial charge in [0.05, 0.1) is 5.69 Å². The van der Waals surface area contributed by atoms with E-state index in [2.05, 4.69) is 4.98 Å². The van der Waals surface area contributed by atoms with Gasteiger partial charge in [-0.2, -0.15) is 0 Å². The van der Waals surface area contributed by atoms with Crippen molar-refractivity contribution in [1.82, 2.24) is 4.98 Å². The molecule has 0 spiro atoms. The van der Waals surface area contributed by atoms with Crippen molar-refractivity contribution in [1.29, 1.82) is 0 Å². The zero-order valence-corrected chi connectivity index (χ0v) is 10.2. The Morgan fingerprint density at radius 1 is 1.18 bits per heavy atom. The third kappa shape index (κ3) is 1.85. The Morgan fingerprint density at radius 3 is 2.71 bits per heavy atom. The monoisotopic (exact) mass is 245 g/mol. The number of nitrogens with zero attached hydrogens (tertiary/aromatic N) is 1. The Kier molecular flexibility index (Phi) is 2.65. The van der Waals surface area contributed by atoms with Gasteiger partial charge in [-0.05, 0) is 30.5 Å². The summed E-state index contributed by atoms with van der Waals surface area (Å²) in [6, 6.07) is 9.90. The summed E-state index contributed by atoms with van der Waals surface area (Å²) in [4.78, 5) is 5.52. The van der Waals surface area contributed by atoms with Crippen molar-refractivity contribution in [2.45, 2.75) is 4.90 Å². The van der Waals surface area contributed by atoms with Crippen molar-refractivity contribution in [3.63, 3.8) is 0 Å². The minimum Gasteiger partial charge on any atom is -0.454 e. The topological polar surface area (TPSA) is 31.4 Å². The number of hydrogen-bond donors (Lipinski definition) is 0. The summed E-state index contributed by atoms with van der Waals surface area (Å²) in [5.74, 6) is 1.61. The molecule has 17 heavy (non-hydrogen) atoms. The summed E-state index contributed by atoms with van der Waals surface area (Å²) < 4.78 is 10.8. The van der Waals surface area contributed by atoms with E-state index in [4.69, 9.17) is 9.47 Å². The Labute approximate surface area is 104 Å². The van der Waals surface area contributed by atoms with Crippen molar-refractivity contribution in [2.24, 2.45) is 0 Å². The lowest BCUT2D eigenvalue weighted by Crippen LogP contribution is -1.92. The largest absolute Gasteiger partial charge is 0.454 e. The second-order valence-electron chi connectivity index (χ2n) is 3.62. The number of hydrogen-bond acceptors (Lipinski definition) is 4. The highest BCUT2D eigenvalue weighted by Crippen LogP contribution is 2.41. The third-order valence-corrected chi connectivity index (χ3v) is 3.41. The Bertz CT molecular complexity index is 543. The molecule has 86 valence electrons. The van der Waals surface area contributed by atoms with Crippen LogP contribution < -0.4 is 9.47 Å². The molecular formula is C13H11NO2S. The maximum absolute atomic E-state index is 5.40. The molecule has 2 heterocycles. The summed E-state index contributed by atoms with van der Waals surface area (Å²) >= 11 is 1.68. The molecule has 0 saturated heterocycles. The second-order valence-corrected chi connectivity index (χ2v) is 4.47. The van der Waals surface area contributed by atoms with Crippen LogP contribution in [0, 0.1) is 0 Å². The van der Waals surface area contributed by atoms with E-state index in [-0.39, 0.29) is 0 Å². The van der Waals surface area contributed by atoms with Crippen molar-refractivity contribution in [3.05, 3.63) is 36.5 Å². The molecule has 0 unspecified atom stereocenters. The molecule has 3 rings (SSSR count). The lowest BCUT2D eigenvalue weighted by atomic mass is 10.1. The van der Waals surface area contributed by atoms with E-state index in [9.17, 15) is 0 Å². The van der Waals surface area contributed by atoms with Gasteiger partial charge < -0.3 is 9.47 Å². The maximum atomic E-state index is 5.40. The summed E-state index contributed by atoms with van der Waals surface area (Å²) in [5, 5.41) is 0. The van der Waals surface area contributed by atoms with Crippen molar-refractivity contribution >= 4 is 11.8 Å². The van der Waals surface area contributed by atoms with E-state index in [0.717, 1.165) is 27.7 Å². The van der Waals surface area contributed by atoms with Crippen LogP contribution in [-0.4, -0.2) is 18.0 Å². The average molecular weight is 245 g/mol. The lowest BCUT2D eigenvalue weighted by Gasteiger charge is -2.08.